The molecule has 2 fully saturated rings. The molecule has 20 heavy (non-hydrogen) atoms. The summed E-state index contributed by atoms with van der Waals surface area (Å²) in [7, 11) is 0. The average Bonchev–Trinajstić information content (AvgIpc) is 2.76. The van der Waals surface area contributed by atoms with E-state index in [2.05, 4.69) is 5.16 Å². The molecule has 1 unspecified atom stereocenters. The molecule has 1 aromatic rings. The minimum atomic E-state index is -0.259. The molecule has 6 nitrogen and oxygen atoms in total. The van der Waals surface area contributed by atoms with Gasteiger partial charge in [0.25, 0.3) is 0 Å². The van der Waals surface area contributed by atoms with Gasteiger partial charge in [-0.3, -0.25) is 9.59 Å². The fraction of sp³-hybridized carbons (Fsp3) is 0.643. The lowest BCUT2D eigenvalue weighted by atomic mass is 9.98. The van der Waals surface area contributed by atoms with Crippen LogP contribution in [0.3, 0.4) is 0 Å². The van der Waals surface area contributed by atoms with Gasteiger partial charge in [0.1, 0.15) is 18.3 Å². The molecule has 6 heteroatoms. The van der Waals surface area contributed by atoms with Crippen molar-refractivity contribution in [2.45, 2.75) is 45.7 Å². The maximum atomic E-state index is 12.5. The molecule has 3 rings (SSSR count). The van der Waals surface area contributed by atoms with E-state index < -0.39 is 0 Å². The third kappa shape index (κ3) is 2.09. The first-order valence-corrected chi connectivity index (χ1v) is 7.08. The van der Waals surface area contributed by atoms with Crippen LogP contribution < -0.4 is 0 Å². The van der Waals surface area contributed by atoms with E-state index in [1.54, 1.807) is 9.80 Å². The van der Waals surface area contributed by atoms with E-state index in [-0.39, 0.29) is 24.4 Å². The molecule has 0 aromatic carbocycles. The molecule has 0 saturated carbocycles. The summed E-state index contributed by atoms with van der Waals surface area (Å²) < 4.78 is 5.12. The SMILES string of the molecule is Cc1noc(C)c1CN1CC(=O)N2CCCCC2C1=O. The van der Waals surface area contributed by atoms with E-state index >= 15 is 0 Å². The minimum absolute atomic E-state index is 0.0565. The van der Waals surface area contributed by atoms with Crippen LogP contribution in [0.4, 0.5) is 0 Å². The Bertz CT molecular complexity index is 532. The summed E-state index contributed by atoms with van der Waals surface area (Å²) in [4.78, 5) is 28.1. The van der Waals surface area contributed by atoms with Gasteiger partial charge in [-0.15, -0.1) is 0 Å². The highest BCUT2D eigenvalue weighted by Crippen LogP contribution is 2.25. The zero-order chi connectivity index (χ0) is 14.3. The number of hydrogen-bond donors (Lipinski definition) is 0. The van der Waals surface area contributed by atoms with Gasteiger partial charge in [0.15, 0.2) is 0 Å². The molecular weight excluding hydrogens is 258 g/mol. The Kier molecular flexibility index (Phi) is 3.23. The molecule has 2 aliphatic rings. The Morgan fingerprint density at radius 1 is 1.30 bits per heavy atom. The third-order valence-electron chi connectivity index (χ3n) is 4.28. The first-order valence-electron chi connectivity index (χ1n) is 7.08. The summed E-state index contributed by atoms with van der Waals surface area (Å²) in [6.07, 6.45) is 2.79. The van der Waals surface area contributed by atoms with E-state index in [1.165, 1.54) is 0 Å². The van der Waals surface area contributed by atoms with Crippen molar-refractivity contribution in [1.29, 1.82) is 0 Å². The standard InChI is InChI=1S/C14H19N3O3/c1-9-11(10(2)20-15-9)7-16-8-13(18)17-6-4-3-5-12(17)14(16)19/h12H,3-8H2,1-2H3. The number of piperazine rings is 1. The van der Waals surface area contributed by atoms with Crippen molar-refractivity contribution in [1.82, 2.24) is 15.0 Å². The number of amides is 2. The van der Waals surface area contributed by atoms with Crippen LogP contribution in [0.15, 0.2) is 4.52 Å². The largest absolute Gasteiger partial charge is 0.361 e. The van der Waals surface area contributed by atoms with E-state index in [1.807, 2.05) is 13.8 Å². The summed E-state index contributed by atoms with van der Waals surface area (Å²) in [5.41, 5.74) is 1.70. The van der Waals surface area contributed by atoms with Crippen molar-refractivity contribution >= 4 is 11.8 Å². The molecule has 1 aromatic heterocycles. The summed E-state index contributed by atoms with van der Waals surface area (Å²) in [6, 6.07) is -0.259. The molecule has 3 heterocycles. The number of aryl methyl sites for hydroxylation is 2. The van der Waals surface area contributed by atoms with Gasteiger partial charge in [-0.05, 0) is 33.1 Å². The summed E-state index contributed by atoms with van der Waals surface area (Å²) in [6.45, 7) is 4.98. The van der Waals surface area contributed by atoms with Gasteiger partial charge in [-0.2, -0.15) is 0 Å². The molecule has 0 radical (unpaired) electrons. The van der Waals surface area contributed by atoms with Crippen molar-refractivity contribution in [3.05, 3.63) is 17.0 Å². The minimum Gasteiger partial charge on any atom is -0.361 e. The van der Waals surface area contributed by atoms with Gasteiger partial charge in [-0.25, -0.2) is 0 Å². The van der Waals surface area contributed by atoms with Crippen LogP contribution in [0.2, 0.25) is 0 Å². The van der Waals surface area contributed by atoms with Crippen molar-refractivity contribution in [3.8, 4) is 0 Å². The van der Waals surface area contributed by atoms with Crippen molar-refractivity contribution in [3.63, 3.8) is 0 Å². The van der Waals surface area contributed by atoms with E-state index in [0.29, 0.717) is 18.8 Å². The number of carbonyl (C=O) groups is 2. The molecule has 2 saturated heterocycles. The first kappa shape index (κ1) is 13.1. The van der Waals surface area contributed by atoms with Crippen LogP contribution in [-0.4, -0.2) is 45.9 Å². The van der Waals surface area contributed by atoms with Crippen LogP contribution in [0.5, 0.6) is 0 Å². The lowest BCUT2D eigenvalue weighted by Gasteiger charge is -2.42. The Morgan fingerprint density at radius 2 is 2.10 bits per heavy atom. The Labute approximate surface area is 117 Å². The van der Waals surface area contributed by atoms with Crippen LogP contribution in [0.1, 0.15) is 36.3 Å². The highest BCUT2D eigenvalue weighted by Gasteiger charge is 2.40. The Hall–Kier alpha value is -1.85. The smallest absolute Gasteiger partial charge is 0.246 e. The third-order valence-corrected chi connectivity index (χ3v) is 4.28. The van der Waals surface area contributed by atoms with Gasteiger partial charge in [-0.1, -0.05) is 5.16 Å². The number of rotatable bonds is 2. The fourth-order valence-electron chi connectivity index (χ4n) is 3.08. The fourth-order valence-corrected chi connectivity index (χ4v) is 3.08. The Morgan fingerprint density at radius 3 is 2.80 bits per heavy atom. The van der Waals surface area contributed by atoms with Crippen LogP contribution >= 0.6 is 0 Å². The summed E-state index contributed by atoms with van der Waals surface area (Å²) in [5, 5.41) is 3.90. The van der Waals surface area contributed by atoms with Crippen LogP contribution in [-0.2, 0) is 16.1 Å². The van der Waals surface area contributed by atoms with Crippen molar-refractivity contribution in [2.24, 2.45) is 0 Å². The predicted octanol–water partition coefficient (Wildman–Crippen LogP) is 1.01. The molecule has 0 aliphatic carbocycles. The number of aromatic nitrogens is 1. The lowest BCUT2D eigenvalue weighted by molar-refractivity contribution is -0.158. The summed E-state index contributed by atoms with van der Waals surface area (Å²) >= 11 is 0. The molecule has 1 atom stereocenters. The maximum Gasteiger partial charge on any atom is 0.246 e. The Balaban J connectivity index is 1.80. The van der Waals surface area contributed by atoms with E-state index in [0.717, 1.165) is 30.5 Å². The van der Waals surface area contributed by atoms with Crippen molar-refractivity contribution in [2.75, 3.05) is 13.1 Å². The zero-order valence-electron chi connectivity index (χ0n) is 11.9. The molecular formula is C14H19N3O3. The zero-order valence-corrected chi connectivity index (χ0v) is 11.9. The second-order valence-corrected chi connectivity index (χ2v) is 5.60. The second kappa shape index (κ2) is 4.92. The van der Waals surface area contributed by atoms with E-state index in [9.17, 15) is 9.59 Å². The molecule has 0 N–H and O–H groups in total. The average molecular weight is 277 g/mol. The van der Waals surface area contributed by atoms with Gasteiger partial charge < -0.3 is 14.3 Å². The molecule has 2 amide bonds. The van der Waals surface area contributed by atoms with E-state index in [4.69, 9.17) is 4.52 Å². The van der Waals surface area contributed by atoms with Gasteiger partial charge in [0, 0.05) is 12.1 Å². The number of hydrogen-bond acceptors (Lipinski definition) is 4. The van der Waals surface area contributed by atoms with Crippen molar-refractivity contribution < 1.29 is 14.1 Å². The number of piperidine rings is 1. The lowest BCUT2D eigenvalue weighted by Crippen LogP contribution is -2.60. The second-order valence-electron chi connectivity index (χ2n) is 5.60. The molecule has 0 spiro atoms. The molecule has 0 bridgehead atoms. The normalized spacial score (nSPS) is 23.2. The number of nitrogens with zero attached hydrogens (tertiary/aromatic N) is 3. The van der Waals surface area contributed by atoms with Crippen LogP contribution in [0.25, 0.3) is 0 Å². The quantitative estimate of drug-likeness (QED) is 0.809. The number of carbonyl (C=O) groups excluding carboxylic acids is 2. The van der Waals surface area contributed by atoms with Gasteiger partial charge in [0.05, 0.1) is 12.2 Å². The molecule has 2 aliphatic heterocycles. The monoisotopic (exact) mass is 277 g/mol. The molecule has 108 valence electrons. The van der Waals surface area contributed by atoms with Gasteiger partial charge in [0.2, 0.25) is 11.8 Å². The number of fused-ring (bicyclic) bond motifs is 1. The summed E-state index contributed by atoms with van der Waals surface area (Å²) in [5.74, 6) is 0.833. The highest BCUT2D eigenvalue weighted by atomic mass is 16.5. The first-order chi connectivity index (χ1) is 9.58. The van der Waals surface area contributed by atoms with Crippen LogP contribution in [0, 0.1) is 13.8 Å². The highest BCUT2D eigenvalue weighted by molar-refractivity contribution is 5.95. The predicted molar refractivity (Wildman–Crippen MR) is 70.7 cm³/mol. The maximum absolute atomic E-state index is 12.5. The topological polar surface area (TPSA) is 66.7 Å². The van der Waals surface area contributed by atoms with Gasteiger partial charge >= 0.3 is 0 Å².